The predicted octanol–water partition coefficient (Wildman–Crippen LogP) is 3.66. The van der Waals surface area contributed by atoms with Crippen molar-refractivity contribution in [1.82, 2.24) is 0 Å². The third kappa shape index (κ3) is 3.98. The summed E-state index contributed by atoms with van der Waals surface area (Å²) in [5, 5.41) is 0. The number of benzene rings is 1. The van der Waals surface area contributed by atoms with E-state index in [1.54, 1.807) is 7.11 Å². The minimum atomic E-state index is -0.198. The smallest absolute Gasteiger partial charge is 0.306 e. The highest BCUT2D eigenvalue weighted by Gasteiger charge is 2.20. The average molecular weight is 264 g/mol. The summed E-state index contributed by atoms with van der Waals surface area (Å²) in [7, 11) is 3.07. The normalized spacial score (nSPS) is 12.9. The zero-order valence-electron chi connectivity index (χ0n) is 12.7. The molecule has 106 valence electrons. The van der Waals surface area contributed by atoms with Gasteiger partial charge in [-0.1, -0.05) is 39.8 Å². The third-order valence-corrected chi connectivity index (χ3v) is 3.33. The second-order valence-electron chi connectivity index (χ2n) is 5.89. The van der Waals surface area contributed by atoms with Gasteiger partial charge in [0.05, 0.1) is 20.6 Å². The summed E-state index contributed by atoms with van der Waals surface area (Å²) in [6.45, 7) is 8.53. The molecule has 1 aromatic rings. The van der Waals surface area contributed by atoms with Gasteiger partial charge in [0, 0.05) is 0 Å². The van der Waals surface area contributed by atoms with E-state index < -0.39 is 0 Å². The van der Waals surface area contributed by atoms with Crippen LogP contribution in [0.2, 0.25) is 0 Å². The quantitative estimate of drug-likeness (QED) is 0.779. The standard InChI is InChI=1S/C16H24O3/c1-11(9-15(17)19-6)13-10-12(16(2,3)4)7-8-14(13)18-5/h7-8,10-11H,9H2,1-6H3. The van der Waals surface area contributed by atoms with E-state index in [0.29, 0.717) is 6.42 Å². The highest BCUT2D eigenvalue weighted by atomic mass is 16.5. The van der Waals surface area contributed by atoms with Gasteiger partial charge in [-0.2, -0.15) is 0 Å². The van der Waals surface area contributed by atoms with Gasteiger partial charge in [-0.3, -0.25) is 4.79 Å². The van der Waals surface area contributed by atoms with E-state index in [1.807, 2.05) is 13.0 Å². The molecule has 3 nitrogen and oxygen atoms in total. The fraction of sp³-hybridized carbons (Fsp3) is 0.562. The molecule has 0 saturated carbocycles. The lowest BCUT2D eigenvalue weighted by Gasteiger charge is -2.23. The molecule has 0 radical (unpaired) electrons. The van der Waals surface area contributed by atoms with E-state index in [-0.39, 0.29) is 17.3 Å². The van der Waals surface area contributed by atoms with Gasteiger partial charge in [-0.25, -0.2) is 0 Å². The molecule has 0 spiro atoms. The largest absolute Gasteiger partial charge is 0.496 e. The van der Waals surface area contributed by atoms with Gasteiger partial charge in [-0.05, 0) is 28.5 Å². The Balaban J connectivity index is 3.12. The Morgan fingerprint density at radius 1 is 1.26 bits per heavy atom. The number of hydrogen-bond acceptors (Lipinski definition) is 3. The molecule has 3 heteroatoms. The fourth-order valence-electron chi connectivity index (χ4n) is 2.03. The van der Waals surface area contributed by atoms with E-state index in [9.17, 15) is 4.79 Å². The maximum atomic E-state index is 11.4. The minimum absolute atomic E-state index is 0.0738. The van der Waals surface area contributed by atoms with Crippen molar-refractivity contribution in [3.05, 3.63) is 29.3 Å². The van der Waals surface area contributed by atoms with Crippen molar-refractivity contribution < 1.29 is 14.3 Å². The number of carbonyl (C=O) groups is 1. The predicted molar refractivity (Wildman–Crippen MR) is 76.7 cm³/mol. The molecule has 1 aromatic carbocycles. The lowest BCUT2D eigenvalue weighted by atomic mass is 9.84. The first-order valence-corrected chi connectivity index (χ1v) is 6.54. The average Bonchev–Trinajstić information content (AvgIpc) is 2.36. The lowest BCUT2D eigenvalue weighted by molar-refractivity contribution is -0.140. The summed E-state index contributed by atoms with van der Waals surface area (Å²) in [5.74, 6) is 0.699. The van der Waals surface area contributed by atoms with Gasteiger partial charge in [0.25, 0.3) is 0 Å². The second-order valence-corrected chi connectivity index (χ2v) is 5.89. The van der Waals surface area contributed by atoms with Crippen molar-refractivity contribution in [2.45, 2.75) is 45.4 Å². The van der Waals surface area contributed by atoms with E-state index in [2.05, 4.69) is 32.9 Å². The summed E-state index contributed by atoms with van der Waals surface area (Å²) in [4.78, 5) is 11.4. The maximum absolute atomic E-state index is 11.4. The van der Waals surface area contributed by atoms with Crippen LogP contribution in [0.1, 0.15) is 51.2 Å². The molecule has 0 N–H and O–H groups in total. The number of ether oxygens (including phenoxy) is 2. The van der Waals surface area contributed by atoms with Crippen LogP contribution < -0.4 is 4.74 Å². The lowest BCUT2D eigenvalue weighted by Crippen LogP contribution is -2.13. The number of hydrogen-bond donors (Lipinski definition) is 0. The van der Waals surface area contributed by atoms with Crippen LogP contribution >= 0.6 is 0 Å². The number of carbonyl (C=O) groups excluding carboxylic acids is 1. The van der Waals surface area contributed by atoms with Gasteiger partial charge in [-0.15, -0.1) is 0 Å². The molecule has 0 aliphatic rings. The SMILES string of the molecule is COC(=O)CC(C)c1cc(C(C)(C)C)ccc1OC. The second kappa shape index (κ2) is 6.09. The highest BCUT2D eigenvalue weighted by Crippen LogP contribution is 2.33. The Morgan fingerprint density at radius 2 is 1.89 bits per heavy atom. The number of esters is 1. The van der Waals surface area contributed by atoms with Crippen LogP contribution in [0.3, 0.4) is 0 Å². The molecule has 0 fully saturated rings. The Labute approximate surface area is 115 Å². The molecule has 1 rings (SSSR count). The Hall–Kier alpha value is -1.51. The van der Waals surface area contributed by atoms with Gasteiger partial charge in [0.15, 0.2) is 0 Å². The molecule has 1 atom stereocenters. The Bertz CT molecular complexity index is 444. The van der Waals surface area contributed by atoms with E-state index in [0.717, 1.165) is 11.3 Å². The summed E-state index contributed by atoms with van der Waals surface area (Å²) in [5.41, 5.74) is 2.37. The van der Waals surface area contributed by atoms with Crippen molar-refractivity contribution in [3.63, 3.8) is 0 Å². The number of rotatable bonds is 4. The van der Waals surface area contributed by atoms with Crippen LogP contribution in [0.15, 0.2) is 18.2 Å². The van der Waals surface area contributed by atoms with Crippen molar-refractivity contribution in [2.75, 3.05) is 14.2 Å². The first kappa shape index (κ1) is 15.5. The summed E-state index contributed by atoms with van der Waals surface area (Å²) in [6, 6.07) is 6.18. The monoisotopic (exact) mass is 264 g/mol. The van der Waals surface area contributed by atoms with Crippen LogP contribution in [0.4, 0.5) is 0 Å². The van der Waals surface area contributed by atoms with E-state index in [1.165, 1.54) is 12.7 Å². The van der Waals surface area contributed by atoms with Gasteiger partial charge in [0.2, 0.25) is 0 Å². The van der Waals surface area contributed by atoms with Crippen molar-refractivity contribution >= 4 is 5.97 Å². The van der Waals surface area contributed by atoms with Gasteiger partial charge < -0.3 is 9.47 Å². The molecule has 19 heavy (non-hydrogen) atoms. The van der Waals surface area contributed by atoms with E-state index >= 15 is 0 Å². The van der Waals surface area contributed by atoms with Crippen LogP contribution in [-0.4, -0.2) is 20.2 Å². The first-order valence-electron chi connectivity index (χ1n) is 6.54. The molecule has 0 aromatic heterocycles. The highest BCUT2D eigenvalue weighted by molar-refractivity contribution is 5.70. The van der Waals surface area contributed by atoms with Crippen LogP contribution in [0.25, 0.3) is 0 Å². The van der Waals surface area contributed by atoms with Gasteiger partial charge >= 0.3 is 5.97 Å². The molecular formula is C16H24O3. The first-order chi connectivity index (χ1) is 8.79. The summed E-state index contributed by atoms with van der Waals surface area (Å²) < 4.78 is 10.1. The Morgan fingerprint density at radius 3 is 2.37 bits per heavy atom. The molecule has 0 saturated heterocycles. The molecule has 0 bridgehead atoms. The fourth-order valence-corrected chi connectivity index (χ4v) is 2.03. The molecule has 0 aliphatic carbocycles. The maximum Gasteiger partial charge on any atom is 0.306 e. The van der Waals surface area contributed by atoms with Crippen molar-refractivity contribution in [2.24, 2.45) is 0 Å². The zero-order chi connectivity index (χ0) is 14.6. The minimum Gasteiger partial charge on any atom is -0.496 e. The molecule has 0 heterocycles. The van der Waals surface area contributed by atoms with Crippen LogP contribution in [0, 0.1) is 0 Å². The zero-order valence-corrected chi connectivity index (χ0v) is 12.7. The van der Waals surface area contributed by atoms with E-state index in [4.69, 9.17) is 9.47 Å². The number of methoxy groups -OCH3 is 2. The van der Waals surface area contributed by atoms with Crippen LogP contribution in [-0.2, 0) is 14.9 Å². The van der Waals surface area contributed by atoms with Crippen molar-refractivity contribution in [3.8, 4) is 5.75 Å². The van der Waals surface area contributed by atoms with Crippen LogP contribution in [0.5, 0.6) is 5.75 Å². The van der Waals surface area contributed by atoms with Gasteiger partial charge in [0.1, 0.15) is 5.75 Å². The third-order valence-electron chi connectivity index (χ3n) is 3.33. The summed E-state index contributed by atoms with van der Waals surface area (Å²) in [6.07, 6.45) is 0.362. The topological polar surface area (TPSA) is 35.5 Å². The molecule has 0 aliphatic heterocycles. The molecule has 0 amide bonds. The molecular weight excluding hydrogens is 240 g/mol. The Kier molecular flexibility index (Phi) is 4.98. The summed E-state index contributed by atoms with van der Waals surface area (Å²) >= 11 is 0. The molecule has 1 unspecified atom stereocenters. The van der Waals surface area contributed by atoms with Crippen molar-refractivity contribution in [1.29, 1.82) is 0 Å².